The normalized spacial score (nSPS) is 12.6. The number of carbonyl (C=O) groups is 2. The number of amides is 2. The summed E-state index contributed by atoms with van der Waals surface area (Å²) < 4.78 is 5.58. The van der Waals surface area contributed by atoms with Crippen molar-refractivity contribution in [1.29, 1.82) is 0 Å². The van der Waals surface area contributed by atoms with Crippen molar-refractivity contribution < 1.29 is 19.2 Å². The maximum atomic E-state index is 12.7. The van der Waals surface area contributed by atoms with E-state index in [-0.39, 0.29) is 24.7 Å². The van der Waals surface area contributed by atoms with E-state index < -0.39 is 10.8 Å². The molecule has 10 nitrogen and oxygen atoms in total. The third-order valence-electron chi connectivity index (χ3n) is 5.52. The van der Waals surface area contributed by atoms with Crippen LogP contribution in [-0.2, 0) is 9.59 Å². The Morgan fingerprint density at radius 3 is 2.72 bits per heavy atom. The van der Waals surface area contributed by atoms with Crippen LogP contribution in [0.15, 0.2) is 66.9 Å². The largest absolute Gasteiger partial charge is 0.482 e. The maximum Gasteiger partial charge on any atom is 0.269 e. The van der Waals surface area contributed by atoms with E-state index in [1.165, 1.54) is 40.5 Å². The van der Waals surface area contributed by atoms with E-state index in [4.69, 9.17) is 9.72 Å². The Balaban J connectivity index is 1.40. The van der Waals surface area contributed by atoms with Crippen molar-refractivity contribution in [2.45, 2.75) is 6.92 Å². The number of ether oxygens (including phenoxy) is 1. The number of nitro benzene ring substituents is 1. The number of fused-ring (bicyclic) bond motifs is 1. The summed E-state index contributed by atoms with van der Waals surface area (Å²) in [6, 6.07) is 16.5. The molecular formula is C25H19N5O5S. The molecule has 0 saturated heterocycles. The smallest absolute Gasteiger partial charge is 0.269 e. The molecule has 0 bridgehead atoms. The van der Waals surface area contributed by atoms with Crippen LogP contribution in [0.3, 0.4) is 0 Å². The van der Waals surface area contributed by atoms with Crippen LogP contribution in [-0.4, -0.2) is 39.9 Å². The van der Waals surface area contributed by atoms with Gasteiger partial charge in [0.2, 0.25) is 5.91 Å². The Morgan fingerprint density at radius 2 is 2.00 bits per heavy atom. The molecule has 0 atom stereocenters. The van der Waals surface area contributed by atoms with Crippen molar-refractivity contribution in [3.8, 4) is 27.7 Å². The summed E-state index contributed by atoms with van der Waals surface area (Å²) in [5.74, 6) is -0.320. The molecule has 0 spiro atoms. The van der Waals surface area contributed by atoms with Gasteiger partial charge < -0.3 is 10.1 Å². The van der Waals surface area contributed by atoms with Crippen LogP contribution in [0.1, 0.15) is 4.88 Å². The van der Waals surface area contributed by atoms with Crippen LogP contribution in [0.5, 0.6) is 5.75 Å². The third-order valence-corrected chi connectivity index (χ3v) is 6.51. The number of hydrogen-bond donors (Lipinski definition) is 1. The van der Waals surface area contributed by atoms with Crippen molar-refractivity contribution in [3.05, 3.63) is 81.9 Å². The second-order valence-corrected chi connectivity index (χ2v) is 9.15. The number of hydrogen-bond acceptors (Lipinski definition) is 8. The van der Waals surface area contributed by atoms with Gasteiger partial charge in [0, 0.05) is 34.5 Å². The molecule has 36 heavy (non-hydrogen) atoms. The molecule has 11 heteroatoms. The van der Waals surface area contributed by atoms with Gasteiger partial charge in [-0.2, -0.15) is 0 Å². The number of rotatable bonds is 6. The summed E-state index contributed by atoms with van der Waals surface area (Å²) in [5.41, 5.74) is 3.09. The molecule has 2 amide bonds. The van der Waals surface area contributed by atoms with E-state index in [1.807, 2.05) is 31.2 Å². The first-order chi connectivity index (χ1) is 17.4. The number of aryl methyl sites for hydroxylation is 1. The van der Waals surface area contributed by atoms with Crippen LogP contribution in [0.4, 0.5) is 17.1 Å². The first-order valence-corrected chi connectivity index (χ1v) is 11.7. The van der Waals surface area contributed by atoms with Gasteiger partial charge in [-0.3, -0.25) is 29.6 Å². The topological polar surface area (TPSA) is 128 Å². The van der Waals surface area contributed by atoms with Crippen molar-refractivity contribution in [2.75, 3.05) is 23.4 Å². The molecule has 2 aromatic heterocycles. The first-order valence-electron chi connectivity index (χ1n) is 10.9. The Kier molecular flexibility index (Phi) is 6.13. The van der Waals surface area contributed by atoms with Crippen molar-refractivity contribution in [1.82, 2.24) is 9.97 Å². The van der Waals surface area contributed by atoms with Crippen LogP contribution in [0.25, 0.3) is 22.0 Å². The zero-order chi connectivity index (χ0) is 25.2. The van der Waals surface area contributed by atoms with Gasteiger partial charge in [0.05, 0.1) is 22.0 Å². The minimum atomic E-state index is -0.518. The fourth-order valence-electron chi connectivity index (χ4n) is 3.80. The van der Waals surface area contributed by atoms with Gasteiger partial charge in [-0.25, -0.2) is 4.98 Å². The van der Waals surface area contributed by atoms with Crippen LogP contribution in [0.2, 0.25) is 0 Å². The molecule has 180 valence electrons. The molecule has 4 aromatic rings. The lowest BCUT2D eigenvalue weighted by molar-refractivity contribution is -0.384. The lowest BCUT2D eigenvalue weighted by Gasteiger charge is -2.29. The maximum absolute atomic E-state index is 12.7. The van der Waals surface area contributed by atoms with E-state index in [0.717, 1.165) is 26.8 Å². The van der Waals surface area contributed by atoms with Gasteiger partial charge in [0.25, 0.3) is 11.6 Å². The summed E-state index contributed by atoms with van der Waals surface area (Å²) in [4.78, 5) is 47.2. The van der Waals surface area contributed by atoms with Crippen LogP contribution in [0, 0.1) is 17.0 Å². The molecule has 0 fully saturated rings. The average molecular weight is 502 g/mol. The molecule has 0 saturated carbocycles. The summed E-state index contributed by atoms with van der Waals surface area (Å²) in [6.07, 6.45) is 1.72. The van der Waals surface area contributed by atoms with E-state index in [0.29, 0.717) is 17.1 Å². The van der Waals surface area contributed by atoms with Crippen LogP contribution >= 0.6 is 11.3 Å². The van der Waals surface area contributed by atoms with E-state index in [9.17, 15) is 19.7 Å². The predicted molar refractivity (Wildman–Crippen MR) is 135 cm³/mol. The summed E-state index contributed by atoms with van der Waals surface area (Å²) in [7, 11) is 0. The lowest BCUT2D eigenvalue weighted by Crippen LogP contribution is -2.43. The number of nitrogens with zero attached hydrogens (tertiary/aromatic N) is 4. The number of thiazole rings is 1. The van der Waals surface area contributed by atoms with Gasteiger partial charge in [-0.05, 0) is 49.4 Å². The molecule has 0 aliphatic carbocycles. The summed E-state index contributed by atoms with van der Waals surface area (Å²) in [5, 5.41) is 14.3. The third kappa shape index (κ3) is 4.64. The highest BCUT2D eigenvalue weighted by molar-refractivity contribution is 7.15. The Hall–Kier alpha value is -4.64. The SMILES string of the molecule is Cc1sc(-c2ccccn2)nc1-c1ccc2c(c1)N(CC(=O)Nc1ccc([N+](=O)[O-])cc1)C(=O)CO2. The van der Waals surface area contributed by atoms with Gasteiger partial charge >= 0.3 is 0 Å². The van der Waals surface area contributed by atoms with Gasteiger partial charge in [0.1, 0.15) is 17.3 Å². The molecule has 1 aliphatic rings. The average Bonchev–Trinajstić information content (AvgIpc) is 3.28. The second-order valence-electron chi connectivity index (χ2n) is 7.94. The number of nitro groups is 1. The number of benzene rings is 2. The molecular weight excluding hydrogens is 482 g/mol. The highest BCUT2D eigenvalue weighted by Crippen LogP contribution is 2.39. The van der Waals surface area contributed by atoms with Crippen molar-refractivity contribution >= 4 is 40.2 Å². The number of non-ortho nitro benzene ring substituents is 1. The van der Waals surface area contributed by atoms with Gasteiger partial charge in [-0.1, -0.05) is 6.07 Å². The minimum absolute atomic E-state index is 0.0821. The number of nitrogens with one attached hydrogen (secondary N) is 1. The Labute approximate surface area is 209 Å². The monoisotopic (exact) mass is 501 g/mol. The first kappa shape index (κ1) is 23.1. The van der Waals surface area contributed by atoms with Crippen LogP contribution < -0.4 is 15.0 Å². The Morgan fingerprint density at radius 1 is 1.19 bits per heavy atom. The van der Waals surface area contributed by atoms with Gasteiger partial charge in [0.15, 0.2) is 6.61 Å². The second kappa shape index (κ2) is 9.55. The number of carbonyl (C=O) groups excluding carboxylic acids is 2. The molecule has 2 aromatic carbocycles. The standard InChI is InChI=1S/C25H19N5O5S/c1-15-24(28-25(36-15)19-4-2-3-11-26-19)16-5-10-21-20(12-16)29(23(32)14-35-21)13-22(31)27-17-6-8-18(9-7-17)30(33)34/h2-12H,13-14H2,1H3,(H,27,31). The number of anilines is 2. The molecule has 3 heterocycles. The highest BCUT2D eigenvalue weighted by Gasteiger charge is 2.28. The van der Waals surface area contributed by atoms with Crippen molar-refractivity contribution in [3.63, 3.8) is 0 Å². The molecule has 1 N–H and O–H groups in total. The summed E-state index contributed by atoms with van der Waals surface area (Å²) in [6.45, 7) is 1.54. The minimum Gasteiger partial charge on any atom is -0.482 e. The summed E-state index contributed by atoms with van der Waals surface area (Å²) >= 11 is 1.52. The Bertz CT molecular complexity index is 1470. The zero-order valence-electron chi connectivity index (χ0n) is 19.0. The molecule has 0 unspecified atom stereocenters. The fraction of sp³-hybridized carbons (Fsp3) is 0.120. The van der Waals surface area contributed by atoms with E-state index in [2.05, 4.69) is 10.3 Å². The lowest BCUT2D eigenvalue weighted by atomic mass is 10.1. The zero-order valence-corrected chi connectivity index (χ0v) is 19.8. The van der Waals surface area contributed by atoms with Gasteiger partial charge in [-0.15, -0.1) is 11.3 Å². The molecule has 1 aliphatic heterocycles. The van der Waals surface area contributed by atoms with E-state index in [1.54, 1.807) is 18.3 Å². The highest BCUT2D eigenvalue weighted by atomic mass is 32.1. The number of aromatic nitrogens is 2. The van der Waals surface area contributed by atoms with E-state index >= 15 is 0 Å². The molecule has 5 rings (SSSR count). The quantitative estimate of drug-likeness (QED) is 0.305. The fourth-order valence-corrected chi connectivity index (χ4v) is 4.71. The van der Waals surface area contributed by atoms with Crippen molar-refractivity contribution in [2.24, 2.45) is 0 Å². The number of pyridine rings is 1. The molecule has 0 radical (unpaired) electrons. The predicted octanol–water partition coefficient (Wildman–Crippen LogP) is 4.45.